The molecule has 2 atom stereocenters. The van der Waals surface area contributed by atoms with Gasteiger partial charge in [0.15, 0.2) is 22.3 Å². The quantitative estimate of drug-likeness (QED) is 0.654. The molecule has 4 rings (SSSR count). The van der Waals surface area contributed by atoms with Crippen LogP contribution in [0.4, 0.5) is 10.1 Å². The molecule has 0 radical (unpaired) electrons. The van der Waals surface area contributed by atoms with Gasteiger partial charge in [0.05, 0.1) is 11.7 Å². The summed E-state index contributed by atoms with van der Waals surface area (Å²) in [4.78, 5) is 1.88. The molecule has 2 N–H and O–H groups in total. The third-order valence-electron chi connectivity index (χ3n) is 5.62. The Labute approximate surface area is 170 Å². The summed E-state index contributed by atoms with van der Waals surface area (Å²) < 4.78 is 20.0. The maximum atomic E-state index is 13.6. The number of hydrogen-bond donors (Lipinski definition) is 2. The molecule has 0 aliphatic carbocycles. The molecule has 2 unspecified atom stereocenters. The number of benzene rings is 2. The normalized spacial score (nSPS) is 23.7. The lowest BCUT2D eigenvalue weighted by Gasteiger charge is -2.52. The van der Waals surface area contributed by atoms with Crippen LogP contribution in [-0.2, 0) is 5.41 Å². The van der Waals surface area contributed by atoms with Crippen molar-refractivity contribution in [3.8, 4) is 11.5 Å². The number of nitrogens with zero attached hydrogens (tertiary/aromatic N) is 1. The van der Waals surface area contributed by atoms with Crippen molar-refractivity contribution in [2.45, 2.75) is 58.2 Å². The van der Waals surface area contributed by atoms with Gasteiger partial charge in [-0.3, -0.25) is 4.90 Å². The molecule has 2 bridgehead atoms. The van der Waals surface area contributed by atoms with Crippen molar-refractivity contribution in [2.24, 2.45) is 0 Å². The van der Waals surface area contributed by atoms with Crippen LogP contribution >= 0.6 is 12.2 Å². The Bertz CT molecular complexity index is 985. The third kappa shape index (κ3) is 2.91. The van der Waals surface area contributed by atoms with Crippen molar-refractivity contribution >= 4 is 23.0 Å². The van der Waals surface area contributed by atoms with E-state index in [1.165, 1.54) is 12.1 Å². The highest BCUT2D eigenvalue weighted by molar-refractivity contribution is 7.80. The predicted molar refractivity (Wildman–Crippen MR) is 113 cm³/mol. The predicted octanol–water partition coefficient (Wildman–Crippen LogP) is 5.07. The molecular weight excluding hydrogens is 375 g/mol. The lowest BCUT2D eigenvalue weighted by Crippen LogP contribution is -2.65. The summed E-state index contributed by atoms with van der Waals surface area (Å²) in [6, 6.07) is 8.42. The molecule has 2 aromatic rings. The maximum Gasteiger partial charge on any atom is 0.188 e. The molecule has 4 nitrogen and oxygen atoms in total. The van der Waals surface area contributed by atoms with E-state index in [1.54, 1.807) is 12.1 Å². The zero-order chi connectivity index (χ0) is 20.4. The Kier molecular flexibility index (Phi) is 4.12. The molecule has 28 heavy (non-hydrogen) atoms. The summed E-state index contributed by atoms with van der Waals surface area (Å²) >= 11 is 5.67. The van der Waals surface area contributed by atoms with Crippen LogP contribution in [0.15, 0.2) is 30.3 Å². The van der Waals surface area contributed by atoms with Gasteiger partial charge in [-0.2, -0.15) is 0 Å². The van der Waals surface area contributed by atoms with E-state index in [-0.39, 0.29) is 23.0 Å². The number of ether oxygens (including phenoxy) is 1. The maximum absolute atomic E-state index is 13.6. The van der Waals surface area contributed by atoms with Crippen LogP contribution in [0, 0.1) is 12.7 Å². The van der Waals surface area contributed by atoms with E-state index >= 15 is 0 Å². The molecular formula is C22H25FN2O2S. The van der Waals surface area contributed by atoms with Gasteiger partial charge in [-0.05, 0) is 72.9 Å². The summed E-state index contributed by atoms with van der Waals surface area (Å²) in [5.41, 5.74) is 2.63. The number of fused-ring (bicyclic) bond motifs is 4. The summed E-state index contributed by atoms with van der Waals surface area (Å²) in [7, 11) is 0. The van der Waals surface area contributed by atoms with E-state index < -0.39 is 5.72 Å². The number of aromatic hydroxyl groups is 1. The minimum atomic E-state index is -0.788. The minimum Gasteiger partial charge on any atom is -0.504 e. The third-order valence-corrected chi connectivity index (χ3v) is 5.92. The zero-order valence-corrected chi connectivity index (χ0v) is 17.6. The van der Waals surface area contributed by atoms with Gasteiger partial charge in [-0.15, -0.1) is 0 Å². The van der Waals surface area contributed by atoms with Crippen LogP contribution < -0.4 is 15.0 Å². The summed E-state index contributed by atoms with van der Waals surface area (Å²) in [5, 5.41) is 14.7. The number of hydrogen-bond acceptors (Lipinski definition) is 3. The van der Waals surface area contributed by atoms with Gasteiger partial charge < -0.3 is 15.2 Å². The fourth-order valence-electron chi connectivity index (χ4n) is 4.12. The fraction of sp³-hybridized carbons (Fsp3) is 0.409. The average Bonchev–Trinajstić information content (AvgIpc) is 2.56. The van der Waals surface area contributed by atoms with Crippen molar-refractivity contribution in [1.29, 1.82) is 0 Å². The van der Waals surface area contributed by atoms with E-state index in [9.17, 15) is 9.50 Å². The summed E-state index contributed by atoms with van der Waals surface area (Å²) in [6.45, 7) is 10.1. The molecule has 0 spiro atoms. The Morgan fingerprint density at radius 2 is 2.00 bits per heavy atom. The largest absolute Gasteiger partial charge is 0.504 e. The molecule has 1 fully saturated rings. The van der Waals surface area contributed by atoms with Gasteiger partial charge in [-0.1, -0.05) is 20.8 Å². The molecule has 2 aromatic carbocycles. The molecule has 2 heterocycles. The van der Waals surface area contributed by atoms with Crippen LogP contribution in [0.2, 0.25) is 0 Å². The number of aryl methyl sites for hydroxylation is 1. The second-order valence-electron chi connectivity index (χ2n) is 8.91. The van der Waals surface area contributed by atoms with Crippen LogP contribution in [0.1, 0.15) is 56.8 Å². The molecule has 0 saturated carbocycles. The molecule has 0 aromatic heterocycles. The Morgan fingerprint density at radius 1 is 1.29 bits per heavy atom. The fourth-order valence-corrected chi connectivity index (χ4v) is 4.55. The van der Waals surface area contributed by atoms with E-state index in [1.807, 2.05) is 18.7 Å². The minimum absolute atomic E-state index is 0.0635. The number of phenols is 1. The van der Waals surface area contributed by atoms with Gasteiger partial charge in [0.2, 0.25) is 0 Å². The zero-order valence-electron chi connectivity index (χ0n) is 16.8. The Morgan fingerprint density at radius 3 is 2.64 bits per heavy atom. The Balaban J connectivity index is 1.83. The number of thiocarbonyl (C=S) groups is 1. The van der Waals surface area contributed by atoms with Crippen molar-refractivity contribution in [3.05, 3.63) is 52.8 Å². The van der Waals surface area contributed by atoms with E-state index in [0.717, 1.165) is 22.4 Å². The first-order chi connectivity index (χ1) is 13.0. The lowest BCUT2D eigenvalue weighted by atomic mass is 9.82. The van der Waals surface area contributed by atoms with E-state index in [2.05, 4.69) is 32.2 Å². The molecule has 2 aliphatic rings. The molecule has 1 saturated heterocycles. The highest BCUT2D eigenvalue weighted by Crippen LogP contribution is 2.50. The summed E-state index contributed by atoms with van der Waals surface area (Å²) in [5.74, 6) is 0.317. The van der Waals surface area contributed by atoms with Gasteiger partial charge in [0.1, 0.15) is 5.82 Å². The average molecular weight is 401 g/mol. The summed E-state index contributed by atoms with van der Waals surface area (Å²) in [6.07, 6.45) is 0.643. The van der Waals surface area contributed by atoms with E-state index in [0.29, 0.717) is 17.3 Å². The monoisotopic (exact) mass is 400 g/mol. The van der Waals surface area contributed by atoms with Crippen molar-refractivity contribution < 1.29 is 14.2 Å². The first-order valence-electron chi connectivity index (χ1n) is 9.43. The SMILES string of the molecule is Cc1cc(F)ccc1N1C(=S)NC2CC1(C)Oc1c(O)cc(C(C)(C)C)cc12. The number of phenolic OH excluding ortho intramolecular Hbond substituents is 1. The second kappa shape index (κ2) is 6.08. The van der Waals surface area contributed by atoms with Crippen molar-refractivity contribution in [2.75, 3.05) is 4.90 Å². The number of rotatable bonds is 1. The Hall–Kier alpha value is -2.34. The van der Waals surface area contributed by atoms with Crippen LogP contribution in [0.25, 0.3) is 0 Å². The molecule has 2 aliphatic heterocycles. The van der Waals surface area contributed by atoms with Gasteiger partial charge >= 0.3 is 0 Å². The number of nitrogens with one attached hydrogen (secondary N) is 1. The molecule has 0 amide bonds. The van der Waals surface area contributed by atoms with Gasteiger partial charge in [0, 0.05) is 12.0 Å². The van der Waals surface area contributed by atoms with Gasteiger partial charge in [0.25, 0.3) is 0 Å². The topological polar surface area (TPSA) is 44.7 Å². The molecule has 6 heteroatoms. The highest BCUT2D eigenvalue weighted by Gasteiger charge is 2.49. The van der Waals surface area contributed by atoms with E-state index in [4.69, 9.17) is 17.0 Å². The highest BCUT2D eigenvalue weighted by atomic mass is 32.1. The molecule has 148 valence electrons. The van der Waals surface area contributed by atoms with Gasteiger partial charge in [-0.25, -0.2) is 4.39 Å². The smallest absolute Gasteiger partial charge is 0.188 e. The van der Waals surface area contributed by atoms with Crippen molar-refractivity contribution in [1.82, 2.24) is 5.32 Å². The lowest BCUT2D eigenvalue weighted by molar-refractivity contribution is 0.0462. The van der Waals surface area contributed by atoms with Crippen LogP contribution in [-0.4, -0.2) is 15.9 Å². The van der Waals surface area contributed by atoms with Crippen molar-refractivity contribution in [3.63, 3.8) is 0 Å². The van der Waals surface area contributed by atoms with Crippen LogP contribution in [0.5, 0.6) is 11.5 Å². The standard InChI is InChI=1S/C22H25FN2O2S/c1-12-8-14(23)6-7-17(12)25-20(28)24-16-11-22(25,5)27-19-15(16)9-13(10-18(19)26)21(2,3)4/h6-10,16,26H,11H2,1-5H3,(H,24,28). The second-order valence-corrected chi connectivity index (χ2v) is 9.30. The number of anilines is 1. The first kappa shape index (κ1) is 19.0. The number of halogens is 1. The first-order valence-corrected chi connectivity index (χ1v) is 9.84. The van der Waals surface area contributed by atoms with Crippen LogP contribution in [0.3, 0.4) is 0 Å².